The average Bonchev–Trinajstić information content (AvgIpc) is 2.85. The Labute approximate surface area is 205 Å². The van der Waals surface area contributed by atoms with Crippen LogP contribution in [0, 0.1) is 11.3 Å². The number of nitrogens with zero attached hydrogens (tertiary/aromatic N) is 3. The molecule has 0 aliphatic carbocycles. The summed E-state index contributed by atoms with van der Waals surface area (Å²) in [5, 5.41) is 14.6. The molecule has 0 fully saturated rings. The number of ether oxygens (including phenoxy) is 1. The van der Waals surface area contributed by atoms with Gasteiger partial charge in [0.1, 0.15) is 24.0 Å². The predicted molar refractivity (Wildman–Crippen MR) is 133 cm³/mol. The van der Waals surface area contributed by atoms with Gasteiger partial charge in [0.05, 0.1) is 16.9 Å². The van der Waals surface area contributed by atoms with Crippen molar-refractivity contribution in [2.24, 2.45) is 5.10 Å². The number of nitriles is 1. The SMILES string of the molecule is N#Cc1c(-c2ccccc2)nc(NN=Cc2ccc(OCc3ccc(Cl)cc3)c(Cl)c2)[nH]c1=O. The molecule has 0 amide bonds. The monoisotopic (exact) mass is 489 g/mol. The first-order chi connectivity index (χ1) is 16.5. The molecular weight excluding hydrogens is 473 g/mol. The lowest BCUT2D eigenvalue weighted by Crippen LogP contribution is -2.16. The minimum absolute atomic E-state index is 0.0679. The van der Waals surface area contributed by atoms with Crippen LogP contribution in [0.2, 0.25) is 10.0 Å². The smallest absolute Gasteiger partial charge is 0.270 e. The third-order valence-electron chi connectivity index (χ3n) is 4.73. The van der Waals surface area contributed by atoms with Gasteiger partial charge in [0.25, 0.3) is 5.56 Å². The van der Waals surface area contributed by atoms with E-state index in [4.69, 9.17) is 27.9 Å². The van der Waals surface area contributed by atoms with Crippen molar-refractivity contribution in [2.75, 3.05) is 5.43 Å². The van der Waals surface area contributed by atoms with Crippen LogP contribution in [0.1, 0.15) is 16.7 Å². The minimum Gasteiger partial charge on any atom is -0.487 e. The molecule has 168 valence electrons. The molecule has 0 saturated carbocycles. The van der Waals surface area contributed by atoms with E-state index in [-0.39, 0.29) is 17.2 Å². The Balaban J connectivity index is 1.45. The van der Waals surface area contributed by atoms with Crippen molar-refractivity contribution < 1.29 is 4.74 Å². The first-order valence-electron chi connectivity index (χ1n) is 10.1. The standard InChI is InChI=1S/C25H17Cl2N5O2/c26-19-9-6-16(7-10-19)15-34-22-11-8-17(12-21(22)27)14-29-32-25-30-23(18-4-2-1-3-5-18)20(13-28)24(33)31-25/h1-12,14H,15H2,(H2,30,31,32,33). The van der Waals surface area contributed by atoms with E-state index in [9.17, 15) is 10.1 Å². The van der Waals surface area contributed by atoms with Crippen LogP contribution in [-0.2, 0) is 6.61 Å². The molecule has 0 radical (unpaired) electrons. The summed E-state index contributed by atoms with van der Waals surface area (Å²) in [6, 6.07) is 23.5. The van der Waals surface area contributed by atoms with Crippen LogP contribution in [0.5, 0.6) is 5.75 Å². The Morgan fingerprint density at radius 2 is 1.85 bits per heavy atom. The molecule has 3 aromatic carbocycles. The fourth-order valence-electron chi connectivity index (χ4n) is 3.06. The Morgan fingerprint density at radius 3 is 2.56 bits per heavy atom. The van der Waals surface area contributed by atoms with E-state index < -0.39 is 5.56 Å². The first-order valence-corrected chi connectivity index (χ1v) is 10.8. The Hall–Kier alpha value is -4.12. The molecule has 9 heteroatoms. The summed E-state index contributed by atoms with van der Waals surface area (Å²) in [6.07, 6.45) is 1.52. The number of halogens is 2. The Morgan fingerprint density at radius 1 is 1.09 bits per heavy atom. The molecule has 0 saturated heterocycles. The highest BCUT2D eigenvalue weighted by Gasteiger charge is 2.12. The van der Waals surface area contributed by atoms with Gasteiger partial charge in [-0.1, -0.05) is 65.7 Å². The summed E-state index contributed by atoms with van der Waals surface area (Å²) < 4.78 is 5.77. The van der Waals surface area contributed by atoms with Gasteiger partial charge in [-0.25, -0.2) is 10.4 Å². The molecule has 2 N–H and O–H groups in total. The second kappa shape index (κ2) is 10.7. The van der Waals surface area contributed by atoms with Gasteiger partial charge in [-0.15, -0.1) is 0 Å². The van der Waals surface area contributed by atoms with Gasteiger partial charge in [0.2, 0.25) is 5.95 Å². The van der Waals surface area contributed by atoms with E-state index in [1.165, 1.54) is 6.21 Å². The van der Waals surface area contributed by atoms with Crippen LogP contribution >= 0.6 is 23.2 Å². The highest BCUT2D eigenvalue weighted by molar-refractivity contribution is 6.32. The van der Waals surface area contributed by atoms with Crippen LogP contribution in [0.15, 0.2) is 82.7 Å². The third kappa shape index (κ3) is 5.62. The van der Waals surface area contributed by atoms with Crippen LogP contribution in [0.3, 0.4) is 0 Å². The largest absolute Gasteiger partial charge is 0.487 e. The van der Waals surface area contributed by atoms with E-state index in [0.29, 0.717) is 33.5 Å². The first kappa shape index (κ1) is 23.1. The van der Waals surface area contributed by atoms with Crippen molar-refractivity contribution in [3.8, 4) is 23.1 Å². The second-order valence-electron chi connectivity index (χ2n) is 7.09. The van der Waals surface area contributed by atoms with Crippen molar-refractivity contribution in [2.45, 2.75) is 6.61 Å². The summed E-state index contributed by atoms with van der Waals surface area (Å²) in [6.45, 7) is 0.355. The maximum atomic E-state index is 12.3. The number of benzene rings is 3. The number of nitrogens with one attached hydrogen (secondary N) is 2. The third-order valence-corrected chi connectivity index (χ3v) is 5.27. The maximum Gasteiger partial charge on any atom is 0.270 e. The summed E-state index contributed by atoms with van der Waals surface area (Å²) in [7, 11) is 0. The molecule has 7 nitrogen and oxygen atoms in total. The molecule has 0 aliphatic rings. The molecule has 0 aliphatic heterocycles. The number of aromatic nitrogens is 2. The number of rotatable bonds is 7. The number of anilines is 1. The van der Waals surface area contributed by atoms with E-state index in [1.807, 2.05) is 24.3 Å². The summed E-state index contributed by atoms with van der Waals surface area (Å²) in [5.41, 5.74) is 4.66. The summed E-state index contributed by atoms with van der Waals surface area (Å²) in [4.78, 5) is 19.2. The lowest BCUT2D eigenvalue weighted by Gasteiger charge is -2.09. The zero-order chi connectivity index (χ0) is 23.9. The van der Waals surface area contributed by atoms with Crippen LogP contribution in [-0.4, -0.2) is 16.2 Å². The Bertz CT molecular complexity index is 1430. The highest BCUT2D eigenvalue weighted by Crippen LogP contribution is 2.26. The van der Waals surface area contributed by atoms with Crippen molar-refractivity contribution in [3.05, 3.63) is 110 Å². The molecule has 0 unspecified atom stereocenters. The molecular formula is C25H17Cl2N5O2. The van der Waals surface area contributed by atoms with Crippen molar-refractivity contribution in [1.82, 2.24) is 9.97 Å². The molecule has 0 bridgehead atoms. The zero-order valence-electron chi connectivity index (χ0n) is 17.6. The van der Waals surface area contributed by atoms with Gasteiger partial charge < -0.3 is 4.74 Å². The average molecular weight is 490 g/mol. The lowest BCUT2D eigenvalue weighted by molar-refractivity contribution is 0.306. The van der Waals surface area contributed by atoms with Crippen molar-refractivity contribution in [3.63, 3.8) is 0 Å². The molecule has 1 aromatic heterocycles. The predicted octanol–water partition coefficient (Wildman–Crippen LogP) is 5.64. The van der Waals surface area contributed by atoms with Crippen LogP contribution in [0.25, 0.3) is 11.3 Å². The topological polar surface area (TPSA) is 103 Å². The van der Waals surface area contributed by atoms with E-state index in [1.54, 1.807) is 54.6 Å². The molecule has 4 aromatic rings. The van der Waals surface area contributed by atoms with Gasteiger partial charge in [-0.2, -0.15) is 10.4 Å². The van der Waals surface area contributed by atoms with Crippen molar-refractivity contribution in [1.29, 1.82) is 5.26 Å². The van der Waals surface area contributed by atoms with Crippen LogP contribution in [0.4, 0.5) is 5.95 Å². The maximum absolute atomic E-state index is 12.3. The number of H-pyrrole nitrogens is 1. The van der Waals surface area contributed by atoms with Gasteiger partial charge in [0.15, 0.2) is 0 Å². The van der Waals surface area contributed by atoms with Gasteiger partial charge in [-0.3, -0.25) is 9.78 Å². The number of aromatic amines is 1. The highest BCUT2D eigenvalue weighted by atomic mass is 35.5. The van der Waals surface area contributed by atoms with E-state index >= 15 is 0 Å². The Kier molecular flexibility index (Phi) is 7.23. The van der Waals surface area contributed by atoms with Gasteiger partial charge >= 0.3 is 0 Å². The molecule has 0 atom stereocenters. The van der Waals surface area contributed by atoms with Crippen molar-refractivity contribution >= 4 is 35.4 Å². The lowest BCUT2D eigenvalue weighted by atomic mass is 10.1. The number of hydrogen-bond acceptors (Lipinski definition) is 6. The fraction of sp³-hybridized carbons (Fsp3) is 0.0400. The quantitative estimate of drug-likeness (QED) is 0.258. The molecule has 34 heavy (non-hydrogen) atoms. The summed E-state index contributed by atoms with van der Waals surface area (Å²) >= 11 is 12.2. The molecule has 4 rings (SSSR count). The second-order valence-corrected chi connectivity index (χ2v) is 7.93. The van der Waals surface area contributed by atoms with E-state index in [0.717, 1.165) is 5.56 Å². The normalized spacial score (nSPS) is 10.7. The molecule has 1 heterocycles. The van der Waals surface area contributed by atoms with Crippen LogP contribution < -0.4 is 15.7 Å². The van der Waals surface area contributed by atoms with Gasteiger partial charge in [0, 0.05) is 10.6 Å². The molecule has 0 spiro atoms. The number of hydrazone groups is 1. The van der Waals surface area contributed by atoms with Gasteiger partial charge in [-0.05, 0) is 41.5 Å². The summed E-state index contributed by atoms with van der Waals surface area (Å²) in [5.74, 6) is 0.639. The minimum atomic E-state index is -0.556. The fourth-order valence-corrected chi connectivity index (χ4v) is 3.43. The van der Waals surface area contributed by atoms with E-state index in [2.05, 4.69) is 20.5 Å². The zero-order valence-corrected chi connectivity index (χ0v) is 19.1. The number of hydrogen-bond donors (Lipinski definition) is 2.